The molecular formula is C23H23FN2O5S2. The summed E-state index contributed by atoms with van der Waals surface area (Å²) in [5.41, 5.74) is 1.67. The topological polar surface area (TPSA) is 84.9 Å². The summed E-state index contributed by atoms with van der Waals surface area (Å²) in [4.78, 5) is 15.3. The molecule has 1 aliphatic heterocycles. The maximum absolute atomic E-state index is 14.4. The first-order chi connectivity index (χ1) is 15.8. The first kappa shape index (κ1) is 23.2. The molecule has 0 amide bonds. The van der Waals surface area contributed by atoms with E-state index in [0.29, 0.717) is 48.6 Å². The van der Waals surface area contributed by atoms with Gasteiger partial charge in [-0.3, -0.25) is 9.62 Å². The molecule has 0 radical (unpaired) electrons. The number of esters is 1. The highest BCUT2D eigenvalue weighted by Gasteiger charge is 2.34. The van der Waals surface area contributed by atoms with Crippen LogP contribution < -0.4 is 9.46 Å². The molecule has 1 aromatic heterocycles. The van der Waals surface area contributed by atoms with Gasteiger partial charge in [0.05, 0.1) is 19.8 Å². The molecule has 0 spiro atoms. The number of para-hydroxylation sites is 1. The zero-order valence-electron chi connectivity index (χ0n) is 18.1. The Hall–Kier alpha value is -2.95. The number of ether oxygens (including phenoxy) is 2. The zero-order valence-corrected chi connectivity index (χ0v) is 19.8. The number of nitrogens with zero attached hydrogens (tertiary/aromatic N) is 1. The second kappa shape index (κ2) is 9.50. The summed E-state index contributed by atoms with van der Waals surface area (Å²) in [5.74, 6) is -0.605. The standard InChI is InChI=1S/C23H23FN2O5S2/c1-30-17-9-8-15(19(24)12-17)13-26-11-10-18-20(14-26)32-23(21(18)22(27)31-2)33(28,29)25-16-6-4-3-5-7-16/h3-9,12,25H,10-11,13-14H2,1-2H3. The van der Waals surface area contributed by atoms with Crippen molar-refractivity contribution in [2.45, 2.75) is 23.7 Å². The van der Waals surface area contributed by atoms with Gasteiger partial charge in [-0.15, -0.1) is 11.3 Å². The minimum absolute atomic E-state index is 0.0688. The van der Waals surface area contributed by atoms with Crippen LogP contribution in [0.5, 0.6) is 5.75 Å². The number of sulfonamides is 1. The Kier molecular flexibility index (Phi) is 6.68. The minimum atomic E-state index is -4.01. The highest BCUT2D eigenvalue weighted by Crippen LogP contribution is 2.38. The average molecular weight is 491 g/mol. The number of thiophene rings is 1. The molecule has 2 aromatic carbocycles. The highest BCUT2D eigenvalue weighted by atomic mass is 32.2. The van der Waals surface area contributed by atoms with Crippen molar-refractivity contribution in [3.05, 3.63) is 75.9 Å². The number of carbonyl (C=O) groups is 1. The predicted octanol–water partition coefficient (Wildman–Crippen LogP) is 4.04. The average Bonchev–Trinajstić information content (AvgIpc) is 3.20. The van der Waals surface area contributed by atoms with E-state index in [-0.39, 0.29) is 15.6 Å². The lowest BCUT2D eigenvalue weighted by molar-refractivity contribution is 0.0595. The van der Waals surface area contributed by atoms with E-state index in [1.165, 1.54) is 20.3 Å². The molecule has 33 heavy (non-hydrogen) atoms. The number of methoxy groups -OCH3 is 2. The third-order valence-electron chi connectivity index (χ3n) is 5.42. The number of carbonyl (C=O) groups excluding carboxylic acids is 1. The van der Waals surface area contributed by atoms with Gasteiger partial charge in [-0.2, -0.15) is 0 Å². The number of anilines is 1. The van der Waals surface area contributed by atoms with Crippen LogP contribution in [0.15, 0.2) is 52.7 Å². The van der Waals surface area contributed by atoms with Crippen LogP contribution >= 0.6 is 11.3 Å². The van der Waals surface area contributed by atoms with Gasteiger partial charge in [0.15, 0.2) is 4.21 Å². The fourth-order valence-electron chi connectivity index (χ4n) is 3.80. The molecular weight excluding hydrogens is 467 g/mol. The minimum Gasteiger partial charge on any atom is -0.497 e. The zero-order chi connectivity index (χ0) is 23.6. The van der Waals surface area contributed by atoms with Gasteiger partial charge in [0.2, 0.25) is 0 Å². The number of fused-ring (bicyclic) bond motifs is 1. The van der Waals surface area contributed by atoms with Gasteiger partial charge in [-0.1, -0.05) is 24.3 Å². The quantitative estimate of drug-likeness (QED) is 0.503. The van der Waals surface area contributed by atoms with Crippen LogP contribution in [0.4, 0.5) is 10.1 Å². The van der Waals surface area contributed by atoms with Gasteiger partial charge in [-0.25, -0.2) is 17.6 Å². The lowest BCUT2D eigenvalue weighted by atomic mass is 10.0. The Morgan fingerprint density at radius 3 is 2.61 bits per heavy atom. The van der Waals surface area contributed by atoms with E-state index in [1.54, 1.807) is 42.5 Å². The fraction of sp³-hybridized carbons (Fsp3) is 0.261. The van der Waals surface area contributed by atoms with E-state index < -0.39 is 16.0 Å². The van der Waals surface area contributed by atoms with Gasteiger partial charge in [0.1, 0.15) is 11.6 Å². The first-order valence-electron chi connectivity index (χ1n) is 10.2. The van der Waals surface area contributed by atoms with Crippen LogP contribution in [0.25, 0.3) is 0 Å². The van der Waals surface area contributed by atoms with Crippen LogP contribution in [0, 0.1) is 5.82 Å². The van der Waals surface area contributed by atoms with Crippen LogP contribution in [-0.2, 0) is 34.3 Å². The number of rotatable bonds is 7. The van der Waals surface area contributed by atoms with Crippen LogP contribution in [0.1, 0.15) is 26.4 Å². The Morgan fingerprint density at radius 1 is 1.18 bits per heavy atom. The molecule has 10 heteroatoms. The van der Waals surface area contributed by atoms with Crippen LogP contribution in [-0.4, -0.2) is 40.1 Å². The molecule has 7 nitrogen and oxygen atoms in total. The molecule has 0 aliphatic carbocycles. The maximum Gasteiger partial charge on any atom is 0.340 e. The largest absolute Gasteiger partial charge is 0.497 e. The maximum atomic E-state index is 14.4. The molecule has 174 valence electrons. The van der Waals surface area contributed by atoms with Gasteiger partial charge in [0.25, 0.3) is 10.0 Å². The number of nitrogens with one attached hydrogen (secondary N) is 1. The van der Waals surface area contributed by atoms with Crippen molar-refractivity contribution in [2.24, 2.45) is 0 Å². The Morgan fingerprint density at radius 2 is 1.94 bits per heavy atom. The molecule has 3 aromatic rings. The molecule has 0 bridgehead atoms. The fourth-order valence-corrected chi connectivity index (χ4v) is 6.78. The van der Waals surface area contributed by atoms with Gasteiger partial charge in [0, 0.05) is 41.8 Å². The SMILES string of the molecule is COC(=O)c1c(S(=O)(=O)Nc2ccccc2)sc2c1CCN(Cc1ccc(OC)cc1F)C2. The van der Waals surface area contributed by atoms with E-state index >= 15 is 0 Å². The molecule has 1 aliphatic rings. The Balaban J connectivity index is 1.63. The molecule has 1 N–H and O–H groups in total. The van der Waals surface area contributed by atoms with Crippen molar-refractivity contribution in [3.63, 3.8) is 0 Å². The predicted molar refractivity (Wildman–Crippen MR) is 124 cm³/mol. The van der Waals surface area contributed by atoms with E-state index in [2.05, 4.69) is 4.72 Å². The summed E-state index contributed by atoms with van der Waals surface area (Å²) in [7, 11) is -1.30. The van der Waals surface area contributed by atoms with Crippen molar-refractivity contribution in [1.29, 1.82) is 0 Å². The van der Waals surface area contributed by atoms with E-state index in [9.17, 15) is 17.6 Å². The molecule has 4 rings (SSSR count). The number of hydrogen-bond donors (Lipinski definition) is 1. The Labute approximate surface area is 195 Å². The van der Waals surface area contributed by atoms with Crippen LogP contribution in [0.2, 0.25) is 0 Å². The van der Waals surface area contributed by atoms with Crippen molar-refractivity contribution in [2.75, 3.05) is 25.5 Å². The normalized spacial score (nSPS) is 13.9. The van der Waals surface area contributed by atoms with Gasteiger partial charge < -0.3 is 9.47 Å². The summed E-state index contributed by atoms with van der Waals surface area (Å²) in [6, 6.07) is 13.2. The molecule has 0 atom stereocenters. The van der Waals surface area contributed by atoms with Gasteiger partial charge in [-0.05, 0) is 30.2 Å². The molecule has 0 fully saturated rings. The van der Waals surface area contributed by atoms with Crippen LogP contribution in [0.3, 0.4) is 0 Å². The second-order valence-corrected chi connectivity index (χ2v) is 10.5. The number of hydrogen-bond acceptors (Lipinski definition) is 7. The molecule has 0 unspecified atom stereocenters. The highest BCUT2D eigenvalue weighted by molar-refractivity contribution is 7.94. The summed E-state index contributed by atoms with van der Waals surface area (Å²) < 4.78 is 53.1. The summed E-state index contributed by atoms with van der Waals surface area (Å²) in [5, 5.41) is 0. The van der Waals surface area contributed by atoms with E-state index in [1.807, 2.05) is 4.90 Å². The Bertz CT molecular complexity index is 1280. The van der Waals surface area contributed by atoms with Crippen molar-refractivity contribution in [1.82, 2.24) is 4.90 Å². The lowest BCUT2D eigenvalue weighted by Gasteiger charge is -2.27. The molecule has 2 heterocycles. The lowest BCUT2D eigenvalue weighted by Crippen LogP contribution is -2.30. The van der Waals surface area contributed by atoms with Crippen molar-refractivity contribution >= 4 is 33.0 Å². The van der Waals surface area contributed by atoms with E-state index in [0.717, 1.165) is 16.2 Å². The van der Waals surface area contributed by atoms with Gasteiger partial charge >= 0.3 is 5.97 Å². The first-order valence-corrected chi connectivity index (χ1v) is 12.5. The summed E-state index contributed by atoms with van der Waals surface area (Å²) in [6.45, 7) is 1.30. The smallest absolute Gasteiger partial charge is 0.340 e. The third kappa shape index (κ3) is 4.87. The second-order valence-electron chi connectivity index (χ2n) is 7.55. The third-order valence-corrected chi connectivity index (χ3v) is 8.53. The number of benzene rings is 2. The molecule has 0 saturated carbocycles. The van der Waals surface area contributed by atoms with Crippen molar-refractivity contribution in [3.8, 4) is 5.75 Å². The molecule has 0 saturated heterocycles. The number of halogens is 1. The summed E-state index contributed by atoms with van der Waals surface area (Å²) in [6.07, 6.45) is 0.453. The summed E-state index contributed by atoms with van der Waals surface area (Å²) >= 11 is 1.05. The van der Waals surface area contributed by atoms with Crippen molar-refractivity contribution < 1.29 is 27.1 Å². The monoisotopic (exact) mass is 490 g/mol. The van der Waals surface area contributed by atoms with E-state index in [4.69, 9.17) is 9.47 Å².